The Labute approximate surface area is 207 Å². The first-order valence-corrected chi connectivity index (χ1v) is 12.0. The van der Waals surface area contributed by atoms with Crippen molar-refractivity contribution in [3.8, 4) is 5.75 Å². The van der Waals surface area contributed by atoms with E-state index in [1.165, 1.54) is 4.90 Å². The topological polar surface area (TPSA) is 88.6 Å². The van der Waals surface area contributed by atoms with Gasteiger partial charge in [-0.1, -0.05) is 0 Å². The molecule has 3 aliphatic rings. The molecule has 1 aromatic rings. The highest BCUT2D eigenvalue weighted by atomic mass is 19.4. The molecule has 3 aliphatic heterocycles. The Morgan fingerprint density at radius 2 is 1.94 bits per heavy atom. The molecule has 1 spiro atoms. The molecule has 0 radical (unpaired) electrons. The molecule has 1 aromatic carbocycles. The lowest BCUT2D eigenvalue weighted by molar-refractivity contribution is -0.154. The van der Waals surface area contributed by atoms with Crippen molar-refractivity contribution in [2.24, 2.45) is 5.92 Å². The van der Waals surface area contributed by atoms with Crippen molar-refractivity contribution >= 4 is 24.1 Å². The number of nitrogens with zero attached hydrogens (tertiary/aromatic N) is 3. The Hall–Kier alpha value is -2.86. The zero-order valence-electron chi connectivity index (χ0n) is 20.3. The van der Waals surface area contributed by atoms with Crippen LogP contribution in [0.15, 0.2) is 18.2 Å². The minimum absolute atomic E-state index is 0.0420. The van der Waals surface area contributed by atoms with Gasteiger partial charge in [-0.3, -0.25) is 14.5 Å². The van der Waals surface area contributed by atoms with Crippen LogP contribution in [0, 0.1) is 5.92 Å². The van der Waals surface area contributed by atoms with Gasteiger partial charge in [0.15, 0.2) is 5.54 Å². The quantitative estimate of drug-likeness (QED) is 0.409. The first-order valence-electron chi connectivity index (χ1n) is 12.0. The minimum Gasteiger partial charge on any atom is -0.496 e. The second-order valence-corrected chi connectivity index (χ2v) is 9.26. The molecule has 3 heterocycles. The number of alkyl halides is 3. The summed E-state index contributed by atoms with van der Waals surface area (Å²) < 4.78 is 55.8. The summed E-state index contributed by atoms with van der Waals surface area (Å²) >= 11 is 0. The number of halogens is 3. The van der Waals surface area contributed by atoms with E-state index in [2.05, 4.69) is 4.90 Å². The number of amides is 3. The van der Waals surface area contributed by atoms with Gasteiger partial charge in [0.2, 0.25) is 0 Å². The van der Waals surface area contributed by atoms with E-state index < -0.39 is 41.1 Å². The fourth-order valence-electron chi connectivity index (χ4n) is 5.59. The zero-order chi connectivity index (χ0) is 26.1. The van der Waals surface area contributed by atoms with E-state index in [-0.39, 0.29) is 31.7 Å². The summed E-state index contributed by atoms with van der Waals surface area (Å²) in [4.78, 5) is 43.1. The van der Waals surface area contributed by atoms with E-state index >= 15 is 0 Å². The molecular formula is C24H30F3N3O6. The van der Waals surface area contributed by atoms with Gasteiger partial charge in [0.1, 0.15) is 11.9 Å². The Morgan fingerprint density at radius 3 is 2.56 bits per heavy atom. The highest BCUT2D eigenvalue weighted by Crippen LogP contribution is 2.43. The van der Waals surface area contributed by atoms with E-state index in [0.717, 1.165) is 49.6 Å². The smallest absolute Gasteiger partial charge is 0.419 e. The maximum atomic E-state index is 13.9. The van der Waals surface area contributed by atoms with Crippen LogP contribution >= 0.6 is 0 Å². The summed E-state index contributed by atoms with van der Waals surface area (Å²) in [5.41, 5.74) is -2.51. The summed E-state index contributed by atoms with van der Waals surface area (Å²) in [7, 11) is 1.09. The predicted molar refractivity (Wildman–Crippen MR) is 122 cm³/mol. The van der Waals surface area contributed by atoms with Crippen molar-refractivity contribution in [3.63, 3.8) is 0 Å². The van der Waals surface area contributed by atoms with E-state index in [4.69, 9.17) is 14.2 Å². The van der Waals surface area contributed by atoms with Gasteiger partial charge in [-0.05, 0) is 44.2 Å². The lowest BCUT2D eigenvalue weighted by Crippen LogP contribution is -2.66. The van der Waals surface area contributed by atoms with Gasteiger partial charge in [0.25, 0.3) is 12.4 Å². The molecule has 36 heavy (non-hydrogen) atoms. The highest BCUT2D eigenvalue weighted by molar-refractivity contribution is 6.23. The monoisotopic (exact) mass is 513 g/mol. The highest BCUT2D eigenvalue weighted by Gasteiger charge is 2.64. The maximum absolute atomic E-state index is 13.9. The molecule has 3 amide bonds. The number of likely N-dealkylation sites (tertiary alicyclic amines) is 1. The molecule has 12 heteroatoms. The summed E-state index contributed by atoms with van der Waals surface area (Å²) in [5, 5.41) is 0. The second kappa shape index (κ2) is 10.3. The molecule has 0 aliphatic carbocycles. The molecule has 0 saturated carbocycles. The lowest BCUT2D eigenvalue weighted by Gasteiger charge is -2.47. The lowest BCUT2D eigenvalue weighted by atomic mass is 9.82. The molecule has 2 atom stereocenters. The van der Waals surface area contributed by atoms with Crippen LogP contribution in [-0.4, -0.2) is 86.4 Å². The molecular weight excluding hydrogens is 483 g/mol. The van der Waals surface area contributed by atoms with E-state index in [1.54, 1.807) is 6.92 Å². The third-order valence-electron chi connectivity index (χ3n) is 7.39. The van der Waals surface area contributed by atoms with E-state index in [9.17, 15) is 27.6 Å². The number of imide groups is 1. The minimum atomic E-state index is -4.67. The molecule has 0 N–H and O–H groups in total. The van der Waals surface area contributed by atoms with Gasteiger partial charge in [0.05, 0.1) is 18.4 Å². The number of methoxy groups -OCH3 is 1. The number of rotatable bonds is 7. The molecule has 9 nitrogen and oxygen atoms in total. The summed E-state index contributed by atoms with van der Waals surface area (Å²) in [6, 6.07) is 2.21. The molecule has 2 unspecified atom stereocenters. The number of benzene rings is 1. The van der Waals surface area contributed by atoms with Gasteiger partial charge in [0, 0.05) is 45.5 Å². The van der Waals surface area contributed by atoms with Crippen LogP contribution in [0.5, 0.6) is 5.75 Å². The molecule has 0 bridgehead atoms. The van der Waals surface area contributed by atoms with Crippen LogP contribution in [-0.2, 0) is 25.2 Å². The number of anilines is 1. The van der Waals surface area contributed by atoms with E-state index in [1.807, 2.05) is 0 Å². The normalized spacial score (nSPS) is 26.1. The molecule has 0 aromatic heterocycles. The van der Waals surface area contributed by atoms with Gasteiger partial charge >= 0.3 is 12.2 Å². The number of carbonyl (C=O) groups excluding carboxylic acids is 3. The number of urea groups is 1. The SMILES string of the molecule is CCN1C(=O)N(c2ccc(C(F)(F)F)c(OC)c2)C(=O)C12CCN(CC1CCOCC1)CC2OC=O. The van der Waals surface area contributed by atoms with Crippen LogP contribution in [0.3, 0.4) is 0 Å². The standard InChI is InChI=1S/C24H30F3N3O6/c1-3-29-22(33)30(17-4-5-18(24(25,26)27)19(12-17)34-2)21(32)23(29)8-9-28(14-20(23)36-15-31)13-16-6-10-35-11-7-16/h4-5,12,15-16,20H,3,6-11,13-14H2,1-2H3. The maximum Gasteiger partial charge on any atom is 0.419 e. The Kier molecular flexibility index (Phi) is 7.46. The second-order valence-electron chi connectivity index (χ2n) is 9.26. The first kappa shape index (κ1) is 26.2. The average Bonchev–Trinajstić information content (AvgIpc) is 3.06. The number of carbonyl (C=O) groups is 3. The summed E-state index contributed by atoms with van der Waals surface area (Å²) in [6.45, 7) is 5.03. The summed E-state index contributed by atoms with van der Waals surface area (Å²) in [5.74, 6) is -0.714. The third-order valence-corrected chi connectivity index (χ3v) is 7.39. The first-order chi connectivity index (χ1) is 17.2. The fraction of sp³-hybridized carbons (Fsp3) is 0.625. The molecule has 3 fully saturated rings. The van der Waals surface area contributed by atoms with Crippen LogP contribution in [0.2, 0.25) is 0 Å². The third kappa shape index (κ3) is 4.52. The van der Waals surface area contributed by atoms with E-state index in [0.29, 0.717) is 25.7 Å². The van der Waals surface area contributed by atoms with Gasteiger partial charge in [-0.25, -0.2) is 9.69 Å². The van der Waals surface area contributed by atoms with Gasteiger partial charge in [-0.2, -0.15) is 13.2 Å². The summed E-state index contributed by atoms with van der Waals surface area (Å²) in [6.07, 6.45) is -3.53. The van der Waals surface area contributed by atoms with Crippen molar-refractivity contribution in [2.45, 2.75) is 44.0 Å². The predicted octanol–water partition coefficient (Wildman–Crippen LogP) is 2.92. The number of likely N-dealkylation sites (N-methyl/N-ethyl adjacent to an activating group) is 1. The zero-order valence-corrected chi connectivity index (χ0v) is 20.3. The largest absolute Gasteiger partial charge is 0.496 e. The molecule has 3 saturated heterocycles. The van der Waals surface area contributed by atoms with Crippen molar-refractivity contribution in [2.75, 3.05) is 51.4 Å². The van der Waals surface area contributed by atoms with Crippen LogP contribution in [0.4, 0.5) is 23.7 Å². The van der Waals surface area contributed by atoms with Crippen LogP contribution in [0.25, 0.3) is 0 Å². The molecule has 4 rings (SSSR count). The van der Waals surface area contributed by atoms with Gasteiger partial charge < -0.3 is 19.1 Å². The molecule has 198 valence electrons. The van der Waals surface area contributed by atoms with Crippen LogP contribution in [0.1, 0.15) is 31.7 Å². The number of piperidine rings is 1. The van der Waals surface area contributed by atoms with Crippen LogP contribution < -0.4 is 9.64 Å². The Balaban J connectivity index is 1.65. The average molecular weight is 514 g/mol. The van der Waals surface area contributed by atoms with Crippen molar-refractivity contribution in [1.82, 2.24) is 9.80 Å². The Bertz CT molecular complexity index is 1000. The van der Waals surface area contributed by atoms with Gasteiger partial charge in [-0.15, -0.1) is 0 Å². The number of ether oxygens (including phenoxy) is 3. The fourth-order valence-corrected chi connectivity index (χ4v) is 5.59. The van der Waals surface area contributed by atoms with Crippen molar-refractivity contribution < 1.29 is 41.8 Å². The number of hydrogen-bond donors (Lipinski definition) is 0. The van der Waals surface area contributed by atoms with Crippen molar-refractivity contribution in [3.05, 3.63) is 23.8 Å². The Morgan fingerprint density at radius 1 is 1.22 bits per heavy atom. The van der Waals surface area contributed by atoms with Crippen molar-refractivity contribution in [1.29, 1.82) is 0 Å². The number of hydrogen-bond acceptors (Lipinski definition) is 7.